The maximum atomic E-state index is 13.7. The summed E-state index contributed by atoms with van der Waals surface area (Å²) < 4.78 is 41.3. The van der Waals surface area contributed by atoms with Gasteiger partial charge in [0.2, 0.25) is 0 Å². The van der Waals surface area contributed by atoms with E-state index in [4.69, 9.17) is 0 Å². The summed E-state index contributed by atoms with van der Waals surface area (Å²) in [6.07, 6.45) is 0. The Hall–Kier alpha value is -0.170. The summed E-state index contributed by atoms with van der Waals surface area (Å²) >= 11 is 1.58. The average Bonchev–Trinajstić information content (AvgIpc) is 2.21. The fraction of sp³-hybridized carbons (Fsp3) is 0.500. The van der Waals surface area contributed by atoms with E-state index in [2.05, 4.69) is 20.7 Å². The number of hydrogen-bond acceptors (Lipinski definition) is 2. The molecule has 0 fully saturated rings. The van der Waals surface area contributed by atoms with Gasteiger partial charge in [-0.2, -0.15) is 0 Å². The van der Waals surface area contributed by atoms with E-state index < -0.39 is 33.8 Å². The number of halogens is 3. The van der Waals surface area contributed by atoms with Crippen molar-refractivity contribution in [2.24, 2.45) is 0 Å². The van der Waals surface area contributed by atoms with Crippen molar-refractivity contribution in [2.45, 2.75) is 38.5 Å². The second-order valence-corrected chi connectivity index (χ2v) is 7.86. The molecule has 6 heteroatoms. The molecule has 0 saturated carbocycles. The molecule has 1 aromatic rings. The van der Waals surface area contributed by atoms with Crippen LogP contribution in [0.5, 0.6) is 0 Å². The largest absolute Gasteiger partial charge is 0.598 e. The Morgan fingerprint density at radius 1 is 1.28 bits per heavy atom. The van der Waals surface area contributed by atoms with Crippen LogP contribution < -0.4 is 4.72 Å². The second-order valence-electron chi connectivity index (χ2n) is 5.01. The normalized spacial score (nSPS) is 15.6. The van der Waals surface area contributed by atoms with Crippen molar-refractivity contribution in [1.29, 1.82) is 0 Å². The molecule has 2 atom stereocenters. The molecule has 18 heavy (non-hydrogen) atoms. The highest BCUT2D eigenvalue weighted by Gasteiger charge is 2.29. The van der Waals surface area contributed by atoms with Gasteiger partial charge in [0, 0.05) is 16.9 Å². The van der Waals surface area contributed by atoms with Crippen molar-refractivity contribution in [1.82, 2.24) is 4.72 Å². The minimum Gasteiger partial charge on any atom is -0.598 e. The highest BCUT2D eigenvalue weighted by atomic mass is 79.9. The minimum absolute atomic E-state index is 0.0768. The second kappa shape index (κ2) is 5.86. The van der Waals surface area contributed by atoms with Crippen LogP contribution in [0.1, 0.15) is 39.3 Å². The number of nitrogens with one attached hydrogen (secondary N) is 1. The fourth-order valence-corrected chi connectivity index (χ4v) is 2.39. The highest BCUT2D eigenvalue weighted by Crippen LogP contribution is 2.26. The third-order valence-electron chi connectivity index (χ3n) is 2.35. The molecule has 0 saturated heterocycles. The minimum atomic E-state index is -1.34. The van der Waals surface area contributed by atoms with Crippen molar-refractivity contribution >= 4 is 27.3 Å². The van der Waals surface area contributed by atoms with Crippen molar-refractivity contribution in [3.63, 3.8) is 0 Å². The molecule has 0 heterocycles. The van der Waals surface area contributed by atoms with Crippen molar-refractivity contribution in [2.75, 3.05) is 0 Å². The quantitative estimate of drug-likeness (QED) is 0.670. The Balaban J connectivity index is 2.91. The molecule has 1 aromatic carbocycles. The van der Waals surface area contributed by atoms with E-state index in [-0.39, 0.29) is 10.0 Å². The van der Waals surface area contributed by atoms with Crippen LogP contribution in [0, 0.1) is 11.6 Å². The van der Waals surface area contributed by atoms with Crippen LogP contribution in [-0.2, 0) is 11.4 Å². The first kappa shape index (κ1) is 15.9. The molecule has 0 spiro atoms. The van der Waals surface area contributed by atoms with Gasteiger partial charge in [0.25, 0.3) is 0 Å². The smallest absolute Gasteiger partial charge is 0.137 e. The van der Waals surface area contributed by atoms with E-state index >= 15 is 0 Å². The molecule has 0 aliphatic heterocycles. The fourth-order valence-electron chi connectivity index (χ4n) is 1.27. The van der Waals surface area contributed by atoms with Gasteiger partial charge >= 0.3 is 0 Å². The first-order chi connectivity index (χ1) is 8.12. The monoisotopic (exact) mass is 339 g/mol. The molecule has 1 unspecified atom stereocenters. The average molecular weight is 340 g/mol. The van der Waals surface area contributed by atoms with Crippen LogP contribution in [0.25, 0.3) is 0 Å². The van der Waals surface area contributed by atoms with Crippen LogP contribution in [0.4, 0.5) is 8.78 Å². The third-order valence-corrected chi connectivity index (χ3v) is 4.63. The molecular weight excluding hydrogens is 324 g/mol. The van der Waals surface area contributed by atoms with E-state index in [1.54, 1.807) is 27.7 Å². The van der Waals surface area contributed by atoms with Crippen molar-refractivity contribution < 1.29 is 13.3 Å². The summed E-state index contributed by atoms with van der Waals surface area (Å²) in [5, 5.41) is 0. The third kappa shape index (κ3) is 3.91. The summed E-state index contributed by atoms with van der Waals surface area (Å²) in [5.74, 6) is -1.07. The topological polar surface area (TPSA) is 35.1 Å². The molecular formula is C12H16BrF2NOS. The predicted octanol–water partition coefficient (Wildman–Crippen LogP) is 3.84. The van der Waals surface area contributed by atoms with Gasteiger partial charge in [-0.3, -0.25) is 0 Å². The molecule has 0 aromatic heterocycles. The Morgan fingerprint density at radius 2 is 1.83 bits per heavy atom. The van der Waals surface area contributed by atoms with Crippen LogP contribution in [0.15, 0.2) is 16.6 Å². The van der Waals surface area contributed by atoms with E-state index in [1.807, 2.05) is 0 Å². The lowest BCUT2D eigenvalue weighted by atomic mass is 10.1. The highest BCUT2D eigenvalue weighted by molar-refractivity contribution is 9.10. The van der Waals surface area contributed by atoms with Gasteiger partial charge < -0.3 is 4.55 Å². The van der Waals surface area contributed by atoms with Gasteiger partial charge in [0.05, 0.1) is 10.5 Å². The van der Waals surface area contributed by atoms with Crippen LogP contribution >= 0.6 is 15.9 Å². The molecule has 0 aliphatic rings. The molecule has 0 amide bonds. The Kier molecular flexibility index (Phi) is 5.17. The molecule has 0 radical (unpaired) electrons. The van der Waals surface area contributed by atoms with E-state index in [9.17, 15) is 13.3 Å². The maximum Gasteiger partial charge on any atom is 0.137 e. The lowest BCUT2D eigenvalue weighted by Crippen LogP contribution is -2.40. The lowest BCUT2D eigenvalue weighted by molar-refractivity contribution is 0.518. The first-order valence-corrected chi connectivity index (χ1v) is 7.39. The Labute approximate surface area is 118 Å². The van der Waals surface area contributed by atoms with Gasteiger partial charge in [-0.25, -0.2) is 8.78 Å². The van der Waals surface area contributed by atoms with Gasteiger partial charge in [-0.15, -0.1) is 4.72 Å². The van der Waals surface area contributed by atoms with Gasteiger partial charge in [-0.05, 0) is 55.8 Å². The van der Waals surface area contributed by atoms with Crippen LogP contribution in [-0.4, -0.2) is 9.30 Å². The SMILES string of the molecule is CC(N[S@+]([O-])C(C)(C)C)c1cc(F)c(Br)cc1F. The molecule has 1 N–H and O–H groups in total. The Morgan fingerprint density at radius 3 is 2.33 bits per heavy atom. The maximum absolute atomic E-state index is 13.7. The summed E-state index contributed by atoms with van der Waals surface area (Å²) in [6.45, 7) is 7.07. The summed E-state index contributed by atoms with van der Waals surface area (Å²) in [5.41, 5.74) is 0.160. The lowest BCUT2D eigenvalue weighted by Gasteiger charge is -2.26. The van der Waals surface area contributed by atoms with E-state index in [0.29, 0.717) is 0 Å². The zero-order valence-corrected chi connectivity index (χ0v) is 13.1. The van der Waals surface area contributed by atoms with Crippen molar-refractivity contribution in [3.05, 3.63) is 33.8 Å². The van der Waals surface area contributed by atoms with Crippen LogP contribution in [0.2, 0.25) is 0 Å². The summed E-state index contributed by atoms with van der Waals surface area (Å²) in [4.78, 5) is 0. The summed E-state index contributed by atoms with van der Waals surface area (Å²) in [6, 6.07) is 1.65. The summed E-state index contributed by atoms with van der Waals surface area (Å²) in [7, 11) is 0. The first-order valence-electron chi connectivity index (χ1n) is 5.45. The van der Waals surface area contributed by atoms with E-state index in [0.717, 1.165) is 12.1 Å². The number of rotatable bonds is 3. The van der Waals surface area contributed by atoms with Gasteiger partial charge in [0.1, 0.15) is 16.4 Å². The molecule has 2 nitrogen and oxygen atoms in total. The van der Waals surface area contributed by atoms with E-state index in [1.165, 1.54) is 0 Å². The molecule has 0 aliphatic carbocycles. The molecule has 102 valence electrons. The van der Waals surface area contributed by atoms with Gasteiger partial charge in [-0.1, -0.05) is 0 Å². The van der Waals surface area contributed by atoms with Crippen LogP contribution in [0.3, 0.4) is 0 Å². The zero-order chi connectivity index (χ0) is 14.1. The molecule has 1 rings (SSSR count). The number of hydrogen-bond donors (Lipinski definition) is 1. The molecule has 0 bridgehead atoms. The predicted molar refractivity (Wildman–Crippen MR) is 73.5 cm³/mol. The van der Waals surface area contributed by atoms with Gasteiger partial charge in [0.15, 0.2) is 0 Å². The standard InChI is InChI=1S/C12H16BrF2NOS/c1-7(16-18(17)12(2,3)4)8-5-11(15)9(13)6-10(8)14/h5-7,16H,1-4H3/t7?,18-/m1/s1. The number of benzene rings is 1. The zero-order valence-electron chi connectivity index (χ0n) is 10.7. The van der Waals surface area contributed by atoms with Crippen molar-refractivity contribution in [3.8, 4) is 0 Å². The Bertz CT molecular complexity index is 437.